The molecule has 0 aliphatic heterocycles. The highest BCUT2D eigenvalue weighted by atomic mass is 16.6. The number of primary amides is 1. The highest BCUT2D eigenvalue weighted by Gasteiger charge is 2.38. The van der Waals surface area contributed by atoms with Gasteiger partial charge in [0.05, 0.1) is 6.10 Å². The second-order valence-corrected chi connectivity index (χ2v) is 27.0. The summed E-state index contributed by atoms with van der Waals surface area (Å²) < 4.78 is 11.3. The number of fused-ring (bicyclic) bond motifs is 5. The summed E-state index contributed by atoms with van der Waals surface area (Å²) in [6.45, 7) is 4.25. The number of phenolic OH excluding ortho intramolecular Hbond substituents is 1. The summed E-state index contributed by atoms with van der Waals surface area (Å²) >= 11 is 0. The lowest BCUT2D eigenvalue weighted by Crippen LogP contribution is -2.61. The maximum Gasteiger partial charge on any atom is 0.407 e. The molecule has 9 atom stereocenters. The topological polar surface area (TPSA) is 443 Å². The number of hydrogen-bond acceptors (Lipinski definition) is 16. The molecule has 1 heterocycles. The maximum absolute atomic E-state index is 15.4. The molecule has 108 heavy (non-hydrogen) atoms. The standard InChI is InChI=1S/C80H92N12O16/c1-46(2)69(78(104)87-64(36-37-81)74(100)92-70(47(3)93)71(82)97)91-73(99)62(27-15-16-38-83-79(105)107-44-49-17-5-4-6-18-49)85-77(103)67(42-53-43-84-61-26-14-13-21-55(53)61)89-75(101)65(40-48-29-32-54(94)33-30-48)88-72(98)63(34-35-68(95)96)86-76(102)66(41-50-28-31-51-19-7-8-20-52(51)39-50)90-80(106)108-45-60-58-24-11-9-22-56(58)57-23-10-12-25-59(57)60/h4-14,17-26,28-33,39,43,46-47,60,62-67,69-70,84,93-94H,15-16,27,34-38,40-42,44-45,81H2,1-3H3,(H2,82,97)(H,83,105)(H,85,103)(H,86,102)(H,87,104)(H,88,98)(H,89,101)(H,90,106)(H,91,99)(H,92,100)(H,95,96)/t47-,62+,63+,64+,65+,66-,67-,69+,70+/m1/s1. The van der Waals surface area contributed by atoms with Gasteiger partial charge in [-0.1, -0.05) is 166 Å². The lowest BCUT2D eigenvalue weighted by Gasteiger charge is -2.29. The first-order valence-corrected chi connectivity index (χ1v) is 35.8. The van der Waals surface area contributed by atoms with Crippen LogP contribution in [0.15, 0.2) is 176 Å². The normalized spacial score (nSPS) is 14.1. The van der Waals surface area contributed by atoms with Crippen molar-refractivity contribution in [1.82, 2.24) is 52.8 Å². The number of rotatable bonds is 38. The molecular weight excluding hydrogens is 1380 g/mol. The van der Waals surface area contributed by atoms with Gasteiger partial charge in [0.2, 0.25) is 47.3 Å². The maximum atomic E-state index is 15.4. The van der Waals surface area contributed by atoms with Crippen molar-refractivity contribution in [3.05, 3.63) is 209 Å². The third kappa shape index (κ3) is 22.4. The lowest BCUT2D eigenvalue weighted by atomic mass is 9.98. The molecule has 1 aliphatic carbocycles. The van der Waals surface area contributed by atoms with E-state index < -0.39 is 139 Å². The van der Waals surface area contributed by atoms with E-state index in [1.807, 2.05) is 91.0 Å². The van der Waals surface area contributed by atoms with Crippen molar-refractivity contribution in [3.63, 3.8) is 0 Å². The number of carboxylic acids is 1. The molecular formula is C80H92N12O16. The number of nitrogens with two attached hydrogens (primary N) is 2. The van der Waals surface area contributed by atoms with E-state index in [1.165, 1.54) is 31.2 Å². The first kappa shape index (κ1) is 79.9. The van der Waals surface area contributed by atoms with Crippen LogP contribution in [0.1, 0.15) is 98.6 Å². The number of aliphatic hydroxyl groups excluding tert-OH is 1. The number of ether oxygens (including phenoxy) is 2. The Balaban J connectivity index is 0.983. The number of H-pyrrole nitrogens is 1. The third-order valence-corrected chi connectivity index (χ3v) is 18.7. The second kappa shape index (κ2) is 38.7. The fourth-order valence-corrected chi connectivity index (χ4v) is 12.9. The van der Waals surface area contributed by atoms with Gasteiger partial charge in [0.25, 0.3) is 0 Å². The molecule has 9 rings (SSSR count). The minimum atomic E-state index is -1.70. The molecule has 0 unspecified atom stereocenters. The first-order chi connectivity index (χ1) is 51.9. The quantitative estimate of drug-likeness (QED) is 0.0221. The molecule has 7 aromatic carbocycles. The summed E-state index contributed by atoms with van der Waals surface area (Å²) in [7, 11) is 0. The zero-order valence-electron chi connectivity index (χ0n) is 60.1. The Morgan fingerprint density at radius 1 is 0.491 bits per heavy atom. The molecule has 0 bridgehead atoms. The van der Waals surface area contributed by atoms with Gasteiger partial charge >= 0.3 is 18.2 Å². The average molecular weight is 1480 g/mol. The summed E-state index contributed by atoms with van der Waals surface area (Å²) in [6.07, 6.45) is -3.31. The number of alkyl carbamates (subject to hydrolysis) is 2. The summed E-state index contributed by atoms with van der Waals surface area (Å²) in [6, 6.07) is 38.0. The van der Waals surface area contributed by atoms with Crippen molar-refractivity contribution >= 4 is 87.1 Å². The van der Waals surface area contributed by atoms with Gasteiger partial charge in [-0.2, -0.15) is 0 Å². The minimum absolute atomic E-state index is 0.00803. The molecule has 8 aromatic rings. The van der Waals surface area contributed by atoms with Crippen LogP contribution in [0.25, 0.3) is 32.8 Å². The molecule has 0 saturated carbocycles. The lowest BCUT2D eigenvalue weighted by molar-refractivity contribution is -0.138. The van der Waals surface area contributed by atoms with E-state index in [-0.39, 0.29) is 82.9 Å². The fraction of sp³-hybridized carbons (Fsp3) is 0.338. The number of aromatic nitrogens is 1. The highest BCUT2D eigenvalue weighted by Crippen LogP contribution is 2.44. The molecule has 28 nitrogen and oxygen atoms in total. The Labute approximate surface area is 623 Å². The van der Waals surface area contributed by atoms with Gasteiger partial charge in [0.1, 0.15) is 67.3 Å². The van der Waals surface area contributed by atoms with Crippen molar-refractivity contribution in [2.24, 2.45) is 17.4 Å². The van der Waals surface area contributed by atoms with Gasteiger partial charge in [-0.3, -0.25) is 43.2 Å². The summed E-state index contributed by atoms with van der Waals surface area (Å²) in [5, 5.41) is 56.9. The number of aliphatic carboxylic acids is 1. The van der Waals surface area contributed by atoms with Crippen molar-refractivity contribution in [2.45, 2.75) is 146 Å². The van der Waals surface area contributed by atoms with Crippen LogP contribution in [0.2, 0.25) is 0 Å². The predicted molar refractivity (Wildman–Crippen MR) is 402 cm³/mol. The van der Waals surface area contributed by atoms with Gasteiger partial charge in [-0.25, -0.2) is 9.59 Å². The zero-order chi connectivity index (χ0) is 77.4. The number of phenols is 1. The van der Waals surface area contributed by atoms with Crippen LogP contribution in [0.5, 0.6) is 5.75 Å². The molecule has 0 radical (unpaired) electrons. The Morgan fingerprint density at radius 3 is 1.64 bits per heavy atom. The first-order valence-electron chi connectivity index (χ1n) is 35.8. The van der Waals surface area contributed by atoms with Crippen molar-refractivity contribution in [3.8, 4) is 16.9 Å². The number of aliphatic hydroxyl groups is 1. The second-order valence-electron chi connectivity index (χ2n) is 27.0. The molecule has 28 heteroatoms. The van der Waals surface area contributed by atoms with Crippen LogP contribution >= 0.6 is 0 Å². The van der Waals surface area contributed by atoms with Gasteiger partial charge in [0, 0.05) is 55.2 Å². The van der Waals surface area contributed by atoms with E-state index in [1.54, 1.807) is 74.6 Å². The number of carbonyl (C=O) groups excluding carboxylic acids is 10. The molecule has 568 valence electrons. The SMILES string of the molecule is CC(C)[C@H](NC(=O)[C@H](CCCCNC(=O)OCc1ccccc1)NC(=O)[C@@H](Cc1c[nH]c2ccccc12)NC(=O)[C@H](Cc1ccc(O)cc1)NC(=O)[C@H](CCC(=O)O)NC(=O)[C@@H](Cc1ccc2ccccc2c1)NC(=O)OCC1c2ccccc2-c2ccccc21)C(=O)N[C@@H](CCN)C(=O)N[C@H](C(N)=O)[C@@H](C)O. The number of para-hydroxylation sites is 1. The largest absolute Gasteiger partial charge is 0.508 e. The molecule has 1 aliphatic rings. The van der Waals surface area contributed by atoms with Crippen molar-refractivity contribution in [1.29, 1.82) is 0 Å². The van der Waals surface area contributed by atoms with Gasteiger partial charge in [0.15, 0.2) is 0 Å². The number of hydrogen-bond donors (Lipinski definition) is 15. The number of benzene rings is 7. The van der Waals surface area contributed by atoms with Gasteiger partial charge < -0.3 is 89.1 Å². The molecule has 0 spiro atoms. The highest BCUT2D eigenvalue weighted by molar-refractivity contribution is 5.99. The van der Waals surface area contributed by atoms with Crippen LogP contribution in [-0.4, -0.2) is 160 Å². The Morgan fingerprint density at radius 2 is 1.01 bits per heavy atom. The van der Waals surface area contributed by atoms with E-state index in [9.17, 15) is 53.7 Å². The monoisotopic (exact) mass is 1480 g/mol. The number of amides is 10. The average Bonchev–Trinajstić information content (AvgIpc) is 1.61. The molecule has 1 aromatic heterocycles. The molecule has 10 amide bonds. The number of carboxylic acid groups (broad SMARTS) is 1. The van der Waals surface area contributed by atoms with Gasteiger partial charge in [-0.05, 0) is 125 Å². The van der Waals surface area contributed by atoms with E-state index >= 15 is 14.4 Å². The Kier molecular flexibility index (Phi) is 28.7. The number of carbonyl (C=O) groups is 11. The summed E-state index contributed by atoms with van der Waals surface area (Å²) in [5.74, 6) is -10.1. The number of unbranched alkanes of at least 4 members (excludes halogenated alkanes) is 1. The number of aromatic hydroxyl groups is 1. The molecule has 0 saturated heterocycles. The van der Waals surface area contributed by atoms with Crippen LogP contribution in [-0.2, 0) is 78.5 Å². The molecule has 17 N–H and O–H groups in total. The van der Waals surface area contributed by atoms with Crippen molar-refractivity contribution in [2.75, 3.05) is 19.7 Å². The van der Waals surface area contributed by atoms with Crippen LogP contribution < -0.4 is 59.3 Å². The summed E-state index contributed by atoms with van der Waals surface area (Å²) in [5.41, 5.74) is 18.0. The van der Waals surface area contributed by atoms with E-state index in [0.29, 0.717) is 27.6 Å². The fourth-order valence-electron chi connectivity index (χ4n) is 12.9. The molecule has 0 fully saturated rings. The van der Waals surface area contributed by atoms with E-state index in [0.717, 1.165) is 38.6 Å². The Hall–Kier alpha value is -12.2. The van der Waals surface area contributed by atoms with Crippen LogP contribution in [0.3, 0.4) is 0 Å². The predicted octanol–water partition coefficient (Wildman–Crippen LogP) is 5.19. The van der Waals surface area contributed by atoms with Gasteiger partial charge in [-0.15, -0.1) is 0 Å². The number of nitrogens with one attached hydrogen (secondary N) is 10. The van der Waals surface area contributed by atoms with Crippen molar-refractivity contribution < 1.29 is 77.5 Å². The summed E-state index contributed by atoms with van der Waals surface area (Å²) in [4.78, 5) is 158. The van der Waals surface area contributed by atoms with Crippen LogP contribution in [0, 0.1) is 5.92 Å². The number of aromatic amines is 1. The van der Waals surface area contributed by atoms with E-state index in [4.69, 9.17) is 20.9 Å². The Bertz CT molecular complexity index is 4450. The van der Waals surface area contributed by atoms with E-state index in [2.05, 4.69) is 52.8 Å². The third-order valence-electron chi connectivity index (χ3n) is 18.7. The minimum Gasteiger partial charge on any atom is -0.508 e. The van der Waals surface area contributed by atoms with Crippen LogP contribution in [0.4, 0.5) is 9.59 Å². The smallest absolute Gasteiger partial charge is 0.407 e. The zero-order valence-corrected chi connectivity index (χ0v) is 60.1.